The number of aliphatic hydroxyl groups is 1. The van der Waals surface area contributed by atoms with Crippen LogP contribution in [0.4, 0.5) is 5.82 Å². The maximum absolute atomic E-state index is 12.3. The first kappa shape index (κ1) is 14.9. The summed E-state index contributed by atoms with van der Waals surface area (Å²) in [5.41, 5.74) is 0.467. The quantitative estimate of drug-likeness (QED) is 0.890. The third-order valence-corrected chi connectivity index (χ3v) is 5.81. The summed E-state index contributed by atoms with van der Waals surface area (Å²) >= 11 is 0. The van der Waals surface area contributed by atoms with Gasteiger partial charge in [-0.3, -0.25) is 4.21 Å². The van der Waals surface area contributed by atoms with Crippen molar-refractivity contribution in [2.45, 2.75) is 62.3 Å². The molecule has 5 nitrogen and oxygen atoms in total. The number of aromatic nitrogens is 2. The zero-order chi connectivity index (χ0) is 15.3. The monoisotopic (exact) mass is 309 g/mol. The number of hydrogen-bond donors (Lipinski definition) is 2. The Morgan fingerprint density at radius 2 is 2.05 bits per heavy atom. The Morgan fingerprint density at radius 3 is 2.57 bits per heavy atom. The van der Waals surface area contributed by atoms with E-state index in [2.05, 4.69) is 36.1 Å². The molecule has 1 aromatic rings. The van der Waals surface area contributed by atoms with Crippen molar-refractivity contribution in [3.05, 3.63) is 11.5 Å². The van der Waals surface area contributed by atoms with Crippen molar-refractivity contribution in [1.29, 1.82) is 0 Å². The van der Waals surface area contributed by atoms with E-state index in [9.17, 15) is 9.32 Å². The van der Waals surface area contributed by atoms with Gasteiger partial charge in [0.05, 0.1) is 28.6 Å². The molecule has 21 heavy (non-hydrogen) atoms. The lowest BCUT2D eigenvalue weighted by Crippen LogP contribution is -2.48. The summed E-state index contributed by atoms with van der Waals surface area (Å²) in [5.74, 6) is 2.07. The number of nitrogens with one attached hydrogen (secondary N) is 1. The van der Waals surface area contributed by atoms with Crippen LogP contribution < -0.4 is 5.32 Å². The Bertz CT molecular complexity index is 586. The van der Waals surface area contributed by atoms with E-state index in [0.717, 1.165) is 42.1 Å². The number of rotatable bonds is 3. The molecule has 2 heterocycles. The molecule has 3 rings (SSSR count). The molecule has 0 saturated heterocycles. The number of anilines is 1. The van der Waals surface area contributed by atoms with Crippen LogP contribution in [0.1, 0.15) is 51.6 Å². The molecule has 1 unspecified atom stereocenters. The smallest absolute Gasteiger partial charge is 0.146 e. The fourth-order valence-corrected chi connectivity index (χ4v) is 4.10. The van der Waals surface area contributed by atoms with E-state index in [1.54, 1.807) is 0 Å². The van der Waals surface area contributed by atoms with Crippen molar-refractivity contribution in [3.63, 3.8) is 0 Å². The maximum Gasteiger partial charge on any atom is 0.146 e. The van der Waals surface area contributed by atoms with Crippen LogP contribution in [0.5, 0.6) is 0 Å². The Labute approximate surface area is 128 Å². The van der Waals surface area contributed by atoms with Crippen LogP contribution in [0.25, 0.3) is 0 Å². The summed E-state index contributed by atoms with van der Waals surface area (Å²) in [6, 6.07) is 0. The second kappa shape index (κ2) is 5.02. The molecular weight excluding hydrogens is 286 g/mol. The van der Waals surface area contributed by atoms with Gasteiger partial charge in [-0.1, -0.05) is 20.8 Å². The minimum absolute atomic E-state index is 0.0866. The fraction of sp³-hybridized carbons (Fsp3) is 0.733. The lowest BCUT2D eigenvalue weighted by Gasteiger charge is -2.41. The van der Waals surface area contributed by atoms with Gasteiger partial charge in [-0.2, -0.15) is 0 Å². The van der Waals surface area contributed by atoms with Gasteiger partial charge in [0.1, 0.15) is 16.5 Å². The lowest BCUT2D eigenvalue weighted by atomic mass is 9.77. The molecule has 0 amide bonds. The van der Waals surface area contributed by atoms with E-state index in [0.29, 0.717) is 11.6 Å². The van der Waals surface area contributed by atoms with Gasteiger partial charge < -0.3 is 10.4 Å². The third-order valence-electron chi connectivity index (χ3n) is 4.36. The molecule has 0 spiro atoms. The standard InChI is InChI=1S/C15H23N3O2S/c1-14(2,3)13-16-10-5-8-21(20)11(10)12(17-13)18-15(9-19)6-4-7-15/h19H,4-9H2,1-3H3,(H,16,17,18). The summed E-state index contributed by atoms with van der Waals surface area (Å²) < 4.78 is 12.3. The SMILES string of the molecule is CC(C)(C)c1nc2c(c(NC3(CO)CCC3)n1)S(=O)CC2. The highest BCUT2D eigenvalue weighted by Crippen LogP contribution is 2.38. The molecule has 1 fully saturated rings. The fourth-order valence-electron chi connectivity index (χ4n) is 2.79. The molecule has 1 aromatic heterocycles. The van der Waals surface area contributed by atoms with Crippen molar-refractivity contribution in [2.75, 3.05) is 17.7 Å². The molecule has 2 N–H and O–H groups in total. The summed E-state index contributed by atoms with van der Waals surface area (Å²) in [6.45, 7) is 6.32. The van der Waals surface area contributed by atoms with Gasteiger partial charge in [0.2, 0.25) is 0 Å². The van der Waals surface area contributed by atoms with Gasteiger partial charge in [0.25, 0.3) is 0 Å². The van der Waals surface area contributed by atoms with Crippen LogP contribution in [-0.4, -0.2) is 37.2 Å². The van der Waals surface area contributed by atoms with E-state index in [4.69, 9.17) is 0 Å². The van der Waals surface area contributed by atoms with Gasteiger partial charge in [-0.05, 0) is 19.3 Å². The normalized spacial score (nSPS) is 23.5. The zero-order valence-corrected chi connectivity index (χ0v) is 13.7. The highest BCUT2D eigenvalue weighted by atomic mass is 32.2. The molecule has 0 bridgehead atoms. The second-order valence-electron chi connectivity index (χ2n) is 7.14. The highest BCUT2D eigenvalue weighted by molar-refractivity contribution is 7.85. The molecule has 116 valence electrons. The van der Waals surface area contributed by atoms with Gasteiger partial charge in [0.15, 0.2) is 0 Å². The first-order chi connectivity index (χ1) is 9.85. The molecule has 1 atom stereocenters. The van der Waals surface area contributed by atoms with E-state index in [-0.39, 0.29) is 17.6 Å². The number of aryl methyl sites for hydroxylation is 1. The number of fused-ring (bicyclic) bond motifs is 1. The summed E-state index contributed by atoms with van der Waals surface area (Å²) in [5, 5.41) is 13.1. The average molecular weight is 309 g/mol. The minimum Gasteiger partial charge on any atom is -0.394 e. The first-order valence-electron chi connectivity index (χ1n) is 7.53. The van der Waals surface area contributed by atoms with E-state index < -0.39 is 10.8 Å². The molecule has 1 aliphatic carbocycles. The average Bonchev–Trinajstić information content (AvgIpc) is 2.75. The largest absolute Gasteiger partial charge is 0.394 e. The van der Waals surface area contributed by atoms with Crippen molar-refractivity contribution in [3.8, 4) is 0 Å². The van der Waals surface area contributed by atoms with E-state index in [1.165, 1.54) is 0 Å². The lowest BCUT2D eigenvalue weighted by molar-refractivity contribution is 0.143. The third kappa shape index (κ3) is 2.59. The first-order valence-corrected chi connectivity index (χ1v) is 8.85. The van der Waals surface area contributed by atoms with Gasteiger partial charge >= 0.3 is 0 Å². The zero-order valence-electron chi connectivity index (χ0n) is 12.9. The van der Waals surface area contributed by atoms with Gasteiger partial charge in [-0.25, -0.2) is 9.97 Å². The van der Waals surface area contributed by atoms with Crippen molar-refractivity contribution < 1.29 is 9.32 Å². The van der Waals surface area contributed by atoms with Crippen molar-refractivity contribution in [2.24, 2.45) is 0 Å². The topological polar surface area (TPSA) is 75.1 Å². The van der Waals surface area contributed by atoms with Crippen molar-refractivity contribution in [1.82, 2.24) is 9.97 Å². The van der Waals surface area contributed by atoms with Crippen LogP contribution in [0.15, 0.2) is 4.90 Å². The Morgan fingerprint density at radius 1 is 1.33 bits per heavy atom. The van der Waals surface area contributed by atoms with Crippen molar-refractivity contribution >= 4 is 16.6 Å². The second-order valence-corrected chi connectivity index (χ2v) is 8.65. The molecule has 1 aliphatic heterocycles. The van der Waals surface area contributed by atoms with Crippen LogP contribution in [-0.2, 0) is 22.6 Å². The summed E-state index contributed by atoms with van der Waals surface area (Å²) in [6.07, 6.45) is 3.71. The highest BCUT2D eigenvalue weighted by Gasteiger charge is 2.39. The van der Waals surface area contributed by atoms with Gasteiger partial charge in [-0.15, -0.1) is 0 Å². The van der Waals surface area contributed by atoms with Crippen LogP contribution in [0.2, 0.25) is 0 Å². The predicted molar refractivity (Wildman–Crippen MR) is 83.0 cm³/mol. The molecule has 1 saturated carbocycles. The molecule has 0 radical (unpaired) electrons. The molecular formula is C15H23N3O2S. The number of nitrogens with zero attached hydrogens (tertiary/aromatic N) is 2. The van der Waals surface area contributed by atoms with Crippen LogP contribution in [0.3, 0.4) is 0 Å². The summed E-state index contributed by atoms with van der Waals surface area (Å²) in [7, 11) is -1.03. The maximum atomic E-state index is 12.3. The summed E-state index contributed by atoms with van der Waals surface area (Å²) in [4.78, 5) is 10.0. The Kier molecular flexibility index (Phi) is 3.56. The minimum atomic E-state index is -1.03. The van der Waals surface area contributed by atoms with E-state index >= 15 is 0 Å². The number of hydrogen-bond acceptors (Lipinski definition) is 5. The molecule has 2 aliphatic rings. The Hall–Kier alpha value is -1.01. The number of aliphatic hydroxyl groups excluding tert-OH is 1. The van der Waals surface area contributed by atoms with Crippen LogP contribution in [0, 0.1) is 0 Å². The predicted octanol–water partition coefficient (Wildman–Crippen LogP) is 1.76. The van der Waals surface area contributed by atoms with E-state index in [1.807, 2.05) is 0 Å². The molecule has 6 heteroatoms. The molecule has 0 aromatic carbocycles. The van der Waals surface area contributed by atoms with Gasteiger partial charge in [0, 0.05) is 17.6 Å². The Balaban J connectivity index is 2.05. The van der Waals surface area contributed by atoms with Crippen LogP contribution >= 0.6 is 0 Å².